The second kappa shape index (κ2) is 15.9. The van der Waals surface area contributed by atoms with Crippen LogP contribution in [-0.4, -0.2) is 9.97 Å². The first-order chi connectivity index (χ1) is 31.2. The van der Waals surface area contributed by atoms with Gasteiger partial charge in [0.15, 0.2) is 5.82 Å². The van der Waals surface area contributed by atoms with Crippen LogP contribution in [0.25, 0.3) is 78.4 Å². The summed E-state index contributed by atoms with van der Waals surface area (Å²) in [5.41, 5.74) is 18.0. The fourth-order valence-electron chi connectivity index (χ4n) is 9.50. The predicted molar refractivity (Wildman–Crippen MR) is 257 cm³/mol. The third-order valence-corrected chi connectivity index (χ3v) is 12.4. The van der Waals surface area contributed by atoms with Crippen LogP contribution >= 0.6 is 0 Å². The van der Waals surface area contributed by atoms with Crippen molar-refractivity contribution in [3.63, 3.8) is 0 Å². The lowest BCUT2D eigenvalue weighted by atomic mass is 9.67. The van der Waals surface area contributed by atoms with Crippen LogP contribution in [-0.2, 0) is 5.41 Å². The van der Waals surface area contributed by atoms with Crippen molar-refractivity contribution in [3.05, 3.63) is 264 Å². The first kappa shape index (κ1) is 37.5. The summed E-state index contributed by atoms with van der Waals surface area (Å²) in [7, 11) is 0. The zero-order valence-corrected chi connectivity index (χ0v) is 34.4. The molecule has 0 saturated carbocycles. The molecule has 294 valence electrons. The summed E-state index contributed by atoms with van der Waals surface area (Å²) in [5.74, 6) is 0.644. The highest BCUT2D eigenvalue weighted by atomic mass is 14.9. The van der Waals surface area contributed by atoms with Crippen molar-refractivity contribution < 1.29 is 0 Å². The zero-order chi connectivity index (χ0) is 42.2. The van der Waals surface area contributed by atoms with E-state index in [0.717, 1.165) is 94.8 Å². The number of rotatable bonds is 8. The van der Waals surface area contributed by atoms with E-state index in [1.165, 1.54) is 0 Å². The lowest BCUT2D eigenvalue weighted by Crippen LogP contribution is -2.28. The van der Waals surface area contributed by atoms with Gasteiger partial charge in [0.05, 0.1) is 28.4 Å². The van der Waals surface area contributed by atoms with Crippen molar-refractivity contribution in [2.75, 3.05) is 0 Å². The summed E-state index contributed by atoms with van der Waals surface area (Å²) in [4.78, 5) is 10.6. The third-order valence-electron chi connectivity index (χ3n) is 12.4. The molecule has 9 aromatic carbocycles. The molecule has 3 heteroatoms. The van der Waals surface area contributed by atoms with Gasteiger partial charge in [-0.05, 0) is 104 Å². The molecule has 1 aliphatic rings. The van der Waals surface area contributed by atoms with Gasteiger partial charge in [0.1, 0.15) is 0 Å². The van der Waals surface area contributed by atoms with E-state index in [0.29, 0.717) is 11.4 Å². The van der Waals surface area contributed by atoms with E-state index in [2.05, 4.69) is 224 Å². The molecule has 0 unspecified atom stereocenters. The lowest BCUT2D eigenvalue weighted by molar-refractivity contribution is 0.768. The second-order valence-electron chi connectivity index (χ2n) is 16.0. The van der Waals surface area contributed by atoms with Crippen molar-refractivity contribution in [3.8, 4) is 84.5 Å². The molecule has 63 heavy (non-hydrogen) atoms. The van der Waals surface area contributed by atoms with Gasteiger partial charge in [0.2, 0.25) is 0 Å². The average Bonchev–Trinajstić information content (AvgIpc) is 3.68. The molecule has 1 heterocycles. The summed E-state index contributed by atoms with van der Waals surface area (Å²) in [6.45, 7) is 0. The lowest BCUT2D eigenvalue weighted by Gasteiger charge is -2.34. The minimum Gasteiger partial charge on any atom is -0.228 e. The highest BCUT2D eigenvalue weighted by Crippen LogP contribution is 2.57. The molecular formula is C60H39N3. The van der Waals surface area contributed by atoms with Crippen LogP contribution in [0.2, 0.25) is 0 Å². The van der Waals surface area contributed by atoms with E-state index in [4.69, 9.17) is 9.97 Å². The molecule has 0 amide bonds. The molecule has 0 fully saturated rings. The van der Waals surface area contributed by atoms with E-state index >= 15 is 0 Å². The smallest absolute Gasteiger partial charge is 0.160 e. The number of aromatic nitrogens is 2. The number of nitrogens with zero attached hydrogens (tertiary/aromatic N) is 3. The Morgan fingerprint density at radius 2 is 0.794 bits per heavy atom. The molecule has 11 rings (SSSR count). The van der Waals surface area contributed by atoms with Crippen LogP contribution in [0.15, 0.2) is 237 Å². The summed E-state index contributed by atoms with van der Waals surface area (Å²) in [5, 5.41) is 10.6. The predicted octanol–water partition coefficient (Wildman–Crippen LogP) is 14.7. The summed E-state index contributed by atoms with van der Waals surface area (Å²) in [6, 6.07) is 85.6. The van der Waals surface area contributed by atoms with Crippen molar-refractivity contribution in [1.29, 1.82) is 5.26 Å². The fourth-order valence-corrected chi connectivity index (χ4v) is 9.50. The van der Waals surface area contributed by atoms with E-state index in [-0.39, 0.29) is 0 Å². The van der Waals surface area contributed by atoms with Gasteiger partial charge in [-0.25, -0.2) is 9.97 Å². The van der Waals surface area contributed by atoms with Gasteiger partial charge in [0, 0.05) is 22.3 Å². The average molecular weight is 802 g/mol. The van der Waals surface area contributed by atoms with E-state index < -0.39 is 5.41 Å². The minimum absolute atomic E-state index is 0.596. The van der Waals surface area contributed by atoms with Crippen molar-refractivity contribution in [1.82, 2.24) is 9.97 Å². The summed E-state index contributed by atoms with van der Waals surface area (Å²) in [6.07, 6.45) is 0. The molecule has 0 saturated heterocycles. The number of benzene rings is 9. The van der Waals surface area contributed by atoms with Crippen LogP contribution in [0.3, 0.4) is 0 Å². The molecule has 0 bridgehead atoms. The van der Waals surface area contributed by atoms with Gasteiger partial charge >= 0.3 is 0 Å². The van der Waals surface area contributed by atoms with E-state index in [1.54, 1.807) is 0 Å². The maximum atomic E-state index is 10.6. The van der Waals surface area contributed by atoms with Gasteiger partial charge in [-0.3, -0.25) is 0 Å². The standard InChI is InChI=1S/C60H39N3/c61-40-47-26-17-31-55-58(47)53-38-45(32-33-54(53)60(55,51-27-12-4-13-28-51)52-29-14-5-15-30-52)44-24-16-25-46(34-44)59-62-56(43-22-10-3-11-23-43)39-57(63-59)50-36-48(41-18-6-1-7-19-41)35-49(37-50)42-20-8-2-9-21-42/h1-39H. The Morgan fingerprint density at radius 3 is 1.38 bits per heavy atom. The SMILES string of the molecule is N#Cc1cccc2c1-c1cc(-c3cccc(-c4nc(-c5ccccc5)cc(-c5cc(-c6ccccc6)cc(-c6ccccc6)c5)n4)c3)ccc1C2(c1ccccc1)c1ccccc1. The number of hydrogen-bond acceptors (Lipinski definition) is 3. The van der Waals surface area contributed by atoms with Gasteiger partial charge in [0.25, 0.3) is 0 Å². The Morgan fingerprint density at radius 1 is 0.333 bits per heavy atom. The van der Waals surface area contributed by atoms with Crippen LogP contribution in [0, 0.1) is 11.3 Å². The molecular weight excluding hydrogens is 763 g/mol. The van der Waals surface area contributed by atoms with Gasteiger partial charge < -0.3 is 0 Å². The quantitative estimate of drug-likeness (QED) is 0.154. The number of nitriles is 1. The highest BCUT2D eigenvalue weighted by Gasteiger charge is 2.47. The Labute approximate surface area is 368 Å². The molecule has 0 radical (unpaired) electrons. The Hall–Kier alpha value is -8.45. The van der Waals surface area contributed by atoms with E-state index in [9.17, 15) is 5.26 Å². The van der Waals surface area contributed by atoms with Crippen LogP contribution in [0.1, 0.15) is 27.8 Å². The molecule has 1 aromatic heterocycles. The monoisotopic (exact) mass is 801 g/mol. The molecule has 0 N–H and O–H groups in total. The van der Waals surface area contributed by atoms with Gasteiger partial charge in [-0.15, -0.1) is 0 Å². The maximum Gasteiger partial charge on any atom is 0.160 e. The Bertz CT molecular complexity index is 3220. The van der Waals surface area contributed by atoms with Crippen molar-refractivity contribution in [2.24, 2.45) is 0 Å². The van der Waals surface area contributed by atoms with E-state index in [1.807, 2.05) is 18.2 Å². The number of fused-ring (bicyclic) bond motifs is 3. The van der Waals surface area contributed by atoms with Crippen LogP contribution < -0.4 is 0 Å². The first-order valence-corrected chi connectivity index (χ1v) is 21.3. The topological polar surface area (TPSA) is 49.6 Å². The maximum absolute atomic E-state index is 10.6. The van der Waals surface area contributed by atoms with Crippen molar-refractivity contribution >= 4 is 0 Å². The highest BCUT2D eigenvalue weighted by molar-refractivity contribution is 5.92. The largest absolute Gasteiger partial charge is 0.228 e. The minimum atomic E-state index is -0.596. The molecule has 0 aliphatic heterocycles. The van der Waals surface area contributed by atoms with Crippen LogP contribution in [0.5, 0.6) is 0 Å². The molecule has 3 nitrogen and oxygen atoms in total. The zero-order valence-electron chi connectivity index (χ0n) is 34.4. The third kappa shape index (κ3) is 6.63. The Balaban J connectivity index is 1.08. The van der Waals surface area contributed by atoms with Crippen LogP contribution in [0.4, 0.5) is 0 Å². The summed E-state index contributed by atoms with van der Waals surface area (Å²) < 4.78 is 0. The Kier molecular flexibility index (Phi) is 9.45. The fraction of sp³-hybridized carbons (Fsp3) is 0.0167. The normalized spacial score (nSPS) is 12.2. The first-order valence-electron chi connectivity index (χ1n) is 21.3. The molecule has 1 aliphatic carbocycles. The summed E-state index contributed by atoms with van der Waals surface area (Å²) >= 11 is 0. The van der Waals surface area contributed by atoms with Gasteiger partial charge in [-0.1, -0.05) is 194 Å². The number of hydrogen-bond donors (Lipinski definition) is 0. The van der Waals surface area contributed by atoms with Gasteiger partial charge in [-0.2, -0.15) is 5.26 Å². The second-order valence-corrected chi connectivity index (χ2v) is 16.0. The molecule has 10 aromatic rings. The molecule has 0 atom stereocenters. The molecule has 0 spiro atoms. The van der Waals surface area contributed by atoms with Crippen molar-refractivity contribution in [2.45, 2.75) is 5.41 Å².